The molecule has 2 aliphatic rings. The molecule has 2 rings (SSSR count). The molecule has 0 heterocycles. The molecule has 0 aromatic rings. The van der Waals surface area contributed by atoms with E-state index in [2.05, 4.69) is 25.7 Å². The van der Waals surface area contributed by atoms with E-state index in [0.29, 0.717) is 6.10 Å². The van der Waals surface area contributed by atoms with Crippen LogP contribution in [0.5, 0.6) is 0 Å². The Bertz CT molecular complexity index is 304. The zero-order valence-corrected chi connectivity index (χ0v) is 13.9. The third-order valence-electron chi connectivity index (χ3n) is 5.52. The second-order valence-electron chi connectivity index (χ2n) is 7.00. The minimum absolute atomic E-state index is 0.532. The monoisotopic (exact) mass is 290 g/mol. The van der Waals surface area contributed by atoms with E-state index in [0.717, 1.165) is 30.8 Å². The predicted octanol–water partition coefficient (Wildman–Crippen LogP) is 5.91. The molecule has 0 amide bonds. The van der Waals surface area contributed by atoms with Gasteiger partial charge in [-0.15, -0.1) is 6.58 Å². The Morgan fingerprint density at radius 3 is 2.14 bits per heavy atom. The summed E-state index contributed by atoms with van der Waals surface area (Å²) in [5.41, 5.74) is 0. The Morgan fingerprint density at radius 2 is 1.57 bits per heavy atom. The van der Waals surface area contributed by atoms with Crippen LogP contribution >= 0.6 is 0 Å². The first kappa shape index (κ1) is 16.8. The van der Waals surface area contributed by atoms with E-state index in [-0.39, 0.29) is 0 Å². The fraction of sp³-hybridized carbons (Fsp3) is 0.800. The molecule has 21 heavy (non-hydrogen) atoms. The van der Waals surface area contributed by atoms with E-state index in [1.54, 1.807) is 0 Å². The Kier molecular flexibility index (Phi) is 7.57. The maximum absolute atomic E-state index is 5.94. The first-order chi connectivity index (χ1) is 10.3. The van der Waals surface area contributed by atoms with Crippen molar-refractivity contribution in [3.05, 3.63) is 24.8 Å². The molecule has 2 aliphatic carbocycles. The summed E-state index contributed by atoms with van der Waals surface area (Å²) in [5.74, 6) is 2.87. The van der Waals surface area contributed by atoms with Crippen molar-refractivity contribution in [3.63, 3.8) is 0 Å². The van der Waals surface area contributed by atoms with Gasteiger partial charge < -0.3 is 4.74 Å². The van der Waals surface area contributed by atoms with Crippen molar-refractivity contribution in [2.24, 2.45) is 17.8 Å². The molecule has 1 nitrogen and oxygen atoms in total. The molecule has 0 aromatic heterocycles. The number of ether oxygens (including phenoxy) is 1. The van der Waals surface area contributed by atoms with Crippen LogP contribution < -0.4 is 0 Å². The number of hydrogen-bond acceptors (Lipinski definition) is 1. The summed E-state index contributed by atoms with van der Waals surface area (Å²) in [5, 5.41) is 0. The molecular formula is C20H34O. The first-order valence-electron chi connectivity index (χ1n) is 9.22. The lowest BCUT2D eigenvalue weighted by atomic mass is 9.70. The molecule has 0 bridgehead atoms. The average molecular weight is 290 g/mol. The van der Waals surface area contributed by atoms with Gasteiger partial charge in [0, 0.05) is 0 Å². The normalized spacial score (nSPS) is 34.1. The van der Waals surface area contributed by atoms with Crippen molar-refractivity contribution in [1.29, 1.82) is 0 Å². The standard InChI is InChI=1S/C20H34O/c1-3-5-7-17-8-10-18(11-9-17)19-12-14-20(15-13-19)21-16-6-4-2/h4-5,7,17-20H,2-3,6,8-16H2,1H3/b7-5+/t17-,18-,19-,20-. The average Bonchev–Trinajstić information content (AvgIpc) is 2.54. The van der Waals surface area contributed by atoms with Gasteiger partial charge in [-0.1, -0.05) is 25.2 Å². The van der Waals surface area contributed by atoms with Crippen molar-refractivity contribution in [1.82, 2.24) is 0 Å². The SMILES string of the molecule is C=CCCO[C@H]1CC[C@H]([C@H]2CC[C@H](/C=C/CC)CC2)CC1. The van der Waals surface area contributed by atoms with E-state index in [4.69, 9.17) is 4.74 Å². The second kappa shape index (κ2) is 9.46. The number of hydrogen-bond donors (Lipinski definition) is 0. The highest BCUT2D eigenvalue weighted by atomic mass is 16.5. The Labute approximate surface area is 131 Å². The lowest BCUT2D eigenvalue weighted by molar-refractivity contribution is 0.00984. The molecule has 0 saturated heterocycles. The van der Waals surface area contributed by atoms with Crippen molar-refractivity contribution in [3.8, 4) is 0 Å². The number of rotatable bonds is 7. The third kappa shape index (κ3) is 5.62. The van der Waals surface area contributed by atoms with E-state index in [9.17, 15) is 0 Å². The van der Waals surface area contributed by atoms with Crippen LogP contribution in [0, 0.1) is 17.8 Å². The van der Waals surface area contributed by atoms with Crippen LogP contribution in [0.25, 0.3) is 0 Å². The Morgan fingerprint density at radius 1 is 0.952 bits per heavy atom. The van der Waals surface area contributed by atoms with Crippen LogP contribution in [0.15, 0.2) is 24.8 Å². The maximum atomic E-state index is 5.94. The molecule has 0 atom stereocenters. The molecule has 1 heteroatoms. The summed E-state index contributed by atoms with van der Waals surface area (Å²) in [7, 11) is 0. The first-order valence-corrected chi connectivity index (χ1v) is 9.22. The van der Waals surface area contributed by atoms with Crippen molar-refractivity contribution in [2.75, 3.05) is 6.61 Å². The summed E-state index contributed by atoms with van der Waals surface area (Å²) in [4.78, 5) is 0. The Balaban J connectivity index is 1.64. The molecule has 0 radical (unpaired) electrons. The van der Waals surface area contributed by atoms with Gasteiger partial charge in [-0.3, -0.25) is 0 Å². The molecule has 0 spiro atoms. The number of allylic oxidation sites excluding steroid dienone is 2. The summed E-state index contributed by atoms with van der Waals surface area (Å²) < 4.78 is 5.94. The highest BCUT2D eigenvalue weighted by molar-refractivity contribution is 4.92. The molecule has 2 fully saturated rings. The van der Waals surface area contributed by atoms with Crippen LogP contribution in [0.3, 0.4) is 0 Å². The zero-order valence-electron chi connectivity index (χ0n) is 13.9. The molecule has 0 unspecified atom stereocenters. The molecular weight excluding hydrogens is 256 g/mol. The van der Waals surface area contributed by atoms with Gasteiger partial charge in [-0.05, 0) is 82.0 Å². The van der Waals surface area contributed by atoms with Crippen LogP contribution in [0.4, 0.5) is 0 Å². The second-order valence-corrected chi connectivity index (χ2v) is 7.00. The fourth-order valence-electron chi connectivity index (χ4n) is 4.18. The van der Waals surface area contributed by atoms with Gasteiger partial charge in [0.05, 0.1) is 12.7 Å². The van der Waals surface area contributed by atoms with E-state index in [1.807, 2.05) is 6.08 Å². The minimum Gasteiger partial charge on any atom is -0.378 e. The third-order valence-corrected chi connectivity index (χ3v) is 5.52. The lowest BCUT2D eigenvalue weighted by Gasteiger charge is -2.37. The fourth-order valence-corrected chi connectivity index (χ4v) is 4.18. The summed E-state index contributed by atoms with van der Waals surface area (Å²) in [6.45, 7) is 6.86. The van der Waals surface area contributed by atoms with E-state index >= 15 is 0 Å². The van der Waals surface area contributed by atoms with Crippen LogP contribution in [0.2, 0.25) is 0 Å². The van der Waals surface area contributed by atoms with Gasteiger partial charge in [0.1, 0.15) is 0 Å². The lowest BCUT2D eigenvalue weighted by Crippen LogP contribution is -2.28. The molecule has 2 saturated carbocycles. The van der Waals surface area contributed by atoms with E-state index in [1.165, 1.54) is 57.8 Å². The van der Waals surface area contributed by atoms with Crippen LogP contribution in [0.1, 0.15) is 71.1 Å². The summed E-state index contributed by atoms with van der Waals surface area (Å²) in [6, 6.07) is 0. The maximum Gasteiger partial charge on any atom is 0.0575 e. The van der Waals surface area contributed by atoms with E-state index < -0.39 is 0 Å². The van der Waals surface area contributed by atoms with Gasteiger partial charge >= 0.3 is 0 Å². The van der Waals surface area contributed by atoms with Crippen molar-refractivity contribution in [2.45, 2.75) is 77.2 Å². The van der Waals surface area contributed by atoms with Gasteiger partial charge in [-0.2, -0.15) is 0 Å². The Hall–Kier alpha value is -0.560. The molecule has 0 N–H and O–H groups in total. The highest BCUT2D eigenvalue weighted by Gasteiger charge is 2.30. The van der Waals surface area contributed by atoms with Crippen molar-refractivity contribution >= 4 is 0 Å². The van der Waals surface area contributed by atoms with Gasteiger partial charge in [0.25, 0.3) is 0 Å². The molecule has 120 valence electrons. The van der Waals surface area contributed by atoms with Crippen molar-refractivity contribution < 1.29 is 4.74 Å². The summed E-state index contributed by atoms with van der Waals surface area (Å²) in [6.07, 6.45) is 20.7. The predicted molar refractivity (Wildman–Crippen MR) is 91.4 cm³/mol. The van der Waals surface area contributed by atoms with Gasteiger partial charge in [0.2, 0.25) is 0 Å². The summed E-state index contributed by atoms with van der Waals surface area (Å²) >= 11 is 0. The highest BCUT2D eigenvalue weighted by Crippen LogP contribution is 2.40. The minimum atomic E-state index is 0.532. The van der Waals surface area contributed by atoms with Crippen LogP contribution in [-0.4, -0.2) is 12.7 Å². The quantitative estimate of drug-likeness (QED) is 0.418. The zero-order chi connectivity index (χ0) is 14.9. The largest absolute Gasteiger partial charge is 0.378 e. The molecule has 0 aromatic carbocycles. The van der Waals surface area contributed by atoms with Crippen LogP contribution in [-0.2, 0) is 4.74 Å². The molecule has 0 aliphatic heterocycles. The van der Waals surface area contributed by atoms with Gasteiger partial charge in [0.15, 0.2) is 0 Å². The van der Waals surface area contributed by atoms with Gasteiger partial charge in [-0.25, -0.2) is 0 Å². The smallest absolute Gasteiger partial charge is 0.0575 e. The topological polar surface area (TPSA) is 9.23 Å².